The maximum Gasteiger partial charge on any atom is 0.159 e. The molecule has 0 bridgehead atoms. The van der Waals surface area contributed by atoms with E-state index in [4.69, 9.17) is 4.42 Å². The van der Waals surface area contributed by atoms with Crippen LogP contribution in [0.2, 0.25) is 0 Å². The number of fused-ring (bicyclic) bond motifs is 9. The molecule has 2 nitrogen and oxygen atoms in total. The summed E-state index contributed by atoms with van der Waals surface area (Å²) in [6.07, 6.45) is 0. The third-order valence-electron chi connectivity index (χ3n) is 6.02. The molecule has 4 aromatic carbocycles. The van der Waals surface area contributed by atoms with Crippen molar-refractivity contribution in [3.05, 3.63) is 83.9 Å². The second-order valence-corrected chi connectivity index (χ2v) is 7.89. The normalized spacial score (nSPS) is 14.9. The van der Waals surface area contributed by atoms with Crippen LogP contribution in [0.5, 0.6) is 0 Å². The van der Waals surface area contributed by atoms with Gasteiger partial charge in [-0.05, 0) is 34.0 Å². The molecular weight excluding hydrogens is 330 g/mol. The number of hydrogen-bond acceptors (Lipinski definition) is 2. The molecule has 0 spiro atoms. The zero-order chi connectivity index (χ0) is 18.2. The molecule has 0 atom stereocenters. The molecule has 1 N–H and O–H groups in total. The van der Waals surface area contributed by atoms with Gasteiger partial charge < -0.3 is 9.73 Å². The van der Waals surface area contributed by atoms with Crippen molar-refractivity contribution in [3.8, 4) is 0 Å². The van der Waals surface area contributed by atoms with Crippen LogP contribution in [0.4, 0.5) is 11.4 Å². The average Bonchev–Trinajstić information content (AvgIpc) is 3.08. The lowest BCUT2D eigenvalue weighted by Gasteiger charge is -2.36. The van der Waals surface area contributed by atoms with E-state index in [1.165, 1.54) is 32.7 Å². The van der Waals surface area contributed by atoms with E-state index in [1.54, 1.807) is 0 Å². The van der Waals surface area contributed by atoms with Crippen LogP contribution >= 0.6 is 0 Å². The van der Waals surface area contributed by atoms with Gasteiger partial charge in [0.15, 0.2) is 5.58 Å². The summed E-state index contributed by atoms with van der Waals surface area (Å²) in [5, 5.41) is 8.61. The van der Waals surface area contributed by atoms with E-state index in [-0.39, 0.29) is 5.41 Å². The molecule has 0 saturated carbocycles. The molecule has 0 unspecified atom stereocenters. The van der Waals surface area contributed by atoms with Crippen molar-refractivity contribution in [2.75, 3.05) is 5.32 Å². The van der Waals surface area contributed by atoms with Crippen LogP contribution < -0.4 is 5.32 Å². The summed E-state index contributed by atoms with van der Waals surface area (Å²) < 4.78 is 6.40. The quantitative estimate of drug-likeness (QED) is 0.322. The van der Waals surface area contributed by atoms with Crippen molar-refractivity contribution in [1.82, 2.24) is 0 Å². The Hall–Kier alpha value is -3.26. The molecule has 2 heteroatoms. The maximum atomic E-state index is 6.40. The lowest BCUT2D eigenvalue weighted by molar-refractivity contribution is 0.635. The second-order valence-electron chi connectivity index (χ2n) is 7.89. The Morgan fingerprint density at radius 2 is 1.41 bits per heavy atom. The van der Waals surface area contributed by atoms with Crippen molar-refractivity contribution >= 4 is 44.1 Å². The molecule has 5 aromatic rings. The first-order valence-corrected chi connectivity index (χ1v) is 9.39. The first kappa shape index (κ1) is 14.9. The van der Waals surface area contributed by atoms with Crippen LogP contribution in [-0.2, 0) is 5.41 Å². The van der Waals surface area contributed by atoms with E-state index >= 15 is 0 Å². The number of anilines is 2. The first-order chi connectivity index (χ1) is 13.2. The highest BCUT2D eigenvalue weighted by atomic mass is 16.3. The van der Waals surface area contributed by atoms with Gasteiger partial charge in [0.05, 0.1) is 5.69 Å². The number of benzene rings is 4. The van der Waals surface area contributed by atoms with Gasteiger partial charge in [-0.25, -0.2) is 0 Å². The highest BCUT2D eigenvalue weighted by Gasteiger charge is 2.36. The van der Waals surface area contributed by atoms with E-state index in [1.807, 2.05) is 6.07 Å². The Bertz CT molecular complexity index is 1370. The average molecular weight is 349 g/mol. The highest BCUT2D eigenvalue weighted by Crippen LogP contribution is 2.52. The summed E-state index contributed by atoms with van der Waals surface area (Å²) in [4.78, 5) is 0. The minimum Gasteiger partial charge on any atom is -0.454 e. The van der Waals surface area contributed by atoms with Crippen molar-refractivity contribution < 1.29 is 4.42 Å². The zero-order valence-corrected chi connectivity index (χ0v) is 15.3. The molecule has 1 aliphatic heterocycles. The van der Waals surface area contributed by atoms with Gasteiger partial charge in [-0.1, -0.05) is 74.5 Å². The lowest BCUT2D eigenvalue weighted by atomic mass is 9.72. The Morgan fingerprint density at radius 3 is 2.26 bits per heavy atom. The Morgan fingerprint density at radius 1 is 0.741 bits per heavy atom. The Balaban J connectivity index is 1.89. The third kappa shape index (κ3) is 1.80. The maximum absolute atomic E-state index is 6.40. The van der Waals surface area contributed by atoms with Crippen molar-refractivity contribution in [2.24, 2.45) is 0 Å². The van der Waals surface area contributed by atoms with Crippen molar-refractivity contribution in [3.63, 3.8) is 0 Å². The van der Waals surface area contributed by atoms with Crippen LogP contribution in [0.25, 0.3) is 32.7 Å². The van der Waals surface area contributed by atoms with Crippen molar-refractivity contribution in [2.45, 2.75) is 19.3 Å². The fourth-order valence-corrected chi connectivity index (χ4v) is 4.83. The molecule has 27 heavy (non-hydrogen) atoms. The standard InChI is InChI=1S/C25H19NO/c1-25(2)18-12-6-7-13-19(18)26-23-22(25)16-10-4-3-9-15(16)21-17-11-5-8-14-20(17)27-24(21)23/h3-14,26H,1-2H3. The summed E-state index contributed by atoms with van der Waals surface area (Å²) in [6.45, 7) is 4.62. The van der Waals surface area contributed by atoms with Crippen molar-refractivity contribution in [1.29, 1.82) is 0 Å². The van der Waals surface area contributed by atoms with Crippen LogP contribution in [-0.4, -0.2) is 0 Å². The zero-order valence-electron chi connectivity index (χ0n) is 15.3. The van der Waals surface area contributed by atoms with E-state index in [0.717, 1.165) is 22.5 Å². The smallest absolute Gasteiger partial charge is 0.159 e. The van der Waals surface area contributed by atoms with Gasteiger partial charge in [-0.3, -0.25) is 0 Å². The summed E-state index contributed by atoms with van der Waals surface area (Å²) in [7, 11) is 0. The fraction of sp³-hybridized carbons (Fsp3) is 0.120. The number of rotatable bonds is 0. The van der Waals surface area contributed by atoms with Gasteiger partial charge in [0.2, 0.25) is 0 Å². The predicted octanol–water partition coefficient (Wildman–Crippen LogP) is 7.12. The van der Waals surface area contributed by atoms with Crippen LogP contribution in [0.3, 0.4) is 0 Å². The van der Waals surface area contributed by atoms with Gasteiger partial charge in [0.1, 0.15) is 5.58 Å². The number of para-hydroxylation sites is 2. The van der Waals surface area contributed by atoms with Crippen LogP contribution in [0, 0.1) is 0 Å². The number of nitrogens with one attached hydrogen (secondary N) is 1. The number of furan rings is 1. The molecule has 1 aromatic heterocycles. The van der Waals surface area contributed by atoms with E-state index in [2.05, 4.69) is 85.9 Å². The van der Waals surface area contributed by atoms with Gasteiger partial charge in [0, 0.05) is 21.9 Å². The number of hydrogen-bond donors (Lipinski definition) is 1. The predicted molar refractivity (Wildman–Crippen MR) is 113 cm³/mol. The molecular formula is C25H19NO. The summed E-state index contributed by atoms with van der Waals surface area (Å²) in [6, 6.07) is 25.6. The van der Waals surface area contributed by atoms with Gasteiger partial charge in [-0.2, -0.15) is 0 Å². The summed E-state index contributed by atoms with van der Waals surface area (Å²) in [5.74, 6) is 0. The summed E-state index contributed by atoms with van der Waals surface area (Å²) >= 11 is 0. The minimum atomic E-state index is -0.121. The largest absolute Gasteiger partial charge is 0.454 e. The van der Waals surface area contributed by atoms with E-state index in [9.17, 15) is 0 Å². The minimum absolute atomic E-state index is 0.121. The first-order valence-electron chi connectivity index (χ1n) is 9.39. The Labute approximate surface area is 157 Å². The molecule has 0 radical (unpaired) electrons. The SMILES string of the molecule is CC1(C)c2ccccc2Nc2c1c1ccccc1c1c2oc2ccccc21. The molecule has 130 valence electrons. The second kappa shape index (κ2) is 4.92. The molecule has 0 aliphatic carbocycles. The lowest BCUT2D eigenvalue weighted by Crippen LogP contribution is -2.26. The molecule has 1 aliphatic rings. The van der Waals surface area contributed by atoms with Gasteiger partial charge >= 0.3 is 0 Å². The van der Waals surface area contributed by atoms with Gasteiger partial charge in [-0.15, -0.1) is 0 Å². The van der Waals surface area contributed by atoms with Crippen LogP contribution in [0.1, 0.15) is 25.0 Å². The van der Waals surface area contributed by atoms with E-state index in [0.29, 0.717) is 0 Å². The topological polar surface area (TPSA) is 25.2 Å². The van der Waals surface area contributed by atoms with Gasteiger partial charge in [0.25, 0.3) is 0 Å². The highest BCUT2D eigenvalue weighted by molar-refractivity contribution is 6.24. The third-order valence-corrected chi connectivity index (χ3v) is 6.02. The molecule has 0 amide bonds. The molecule has 2 heterocycles. The molecule has 6 rings (SSSR count). The molecule has 0 saturated heterocycles. The monoisotopic (exact) mass is 349 g/mol. The Kier molecular flexibility index (Phi) is 2.71. The summed E-state index contributed by atoms with van der Waals surface area (Å²) in [5.41, 5.74) is 6.65. The molecule has 0 fully saturated rings. The van der Waals surface area contributed by atoms with E-state index < -0.39 is 0 Å². The fourth-order valence-electron chi connectivity index (χ4n) is 4.83. The van der Waals surface area contributed by atoms with Crippen LogP contribution in [0.15, 0.2) is 77.2 Å².